The molecule has 2 N–H and O–H groups in total. The molecule has 2 rings (SSSR count). The van der Waals surface area contributed by atoms with Gasteiger partial charge in [0.1, 0.15) is 5.82 Å². The lowest BCUT2D eigenvalue weighted by Crippen LogP contribution is -2.07. The van der Waals surface area contributed by atoms with E-state index in [9.17, 15) is 0 Å². The van der Waals surface area contributed by atoms with Crippen LogP contribution in [0, 0.1) is 0 Å². The maximum absolute atomic E-state index is 4.23. The number of hydrogen-bond acceptors (Lipinski definition) is 3. The Labute approximate surface area is 82.1 Å². The highest BCUT2D eigenvalue weighted by Crippen LogP contribution is 2.14. The molecule has 74 valence electrons. The summed E-state index contributed by atoms with van der Waals surface area (Å²) in [5, 5.41) is 14.3. The minimum Gasteiger partial charge on any atom is -0.361 e. The van der Waals surface area contributed by atoms with Crippen LogP contribution >= 0.6 is 0 Å². The van der Waals surface area contributed by atoms with E-state index in [1.165, 1.54) is 0 Å². The van der Waals surface area contributed by atoms with E-state index >= 15 is 0 Å². The van der Waals surface area contributed by atoms with Crippen LogP contribution in [0.2, 0.25) is 0 Å². The first-order valence-corrected chi connectivity index (χ1v) is 4.51. The SMILES string of the molecule is CC(Nc1ccn(C)n1)c1ccn[nH]1. The number of aromatic nitrogens is 4. The lowest BCUT2D eigenvalue weighted by atomic mass is 10.2. The number of anilines is 1. The van der Waals surface area contributed by atoms with Crippen molar-refractivity contribution in [2.45, 2.75) is 13.0 Å². The van der Waals surface area contributed by atoms with Crippen molar-refractivity contribution in [1.29, 1.82) is 0 Å². The Balaban J connectivity index is 2.05. The molecule has 0 bridgehead atoms. The zero-order valence-corrected chi connectivity index (χ0v) is 8.23. The Kier molecular flexibility index (Phi) is 2.22. The van der Waals surface area contributed by atoms with Gasteiger partial charge in [0.05, 0.1) is 11.7 Å². The molecule has 0 saturated heterocycles. The molecule has 14 heavy (non-hydrogen) atoms. The highest BCUT2D eigenvalue weighted by Gasteiger charge is 2.06. The van der Waals surface area contributed by atoms with Crippen molar-refractivity contribution in [3.8, 4) is 0 Å². The van der Waals surface area contributed by atoms with Gasteiger partial charge >= 0.3 is 0 Å². The molecule has 0 aromatic carbocycles. The minimum absolute atomic E-state index is 0.187. The fraction of sp³-hybridized carbons (Fsp3) is 0.333. The van der Waals surface area contributed by atoms with E-state index in [1.54, 1.807) is 10.9 Å². The van der Waals surface area contributed by atoms with Gasteiger partial charge in [-0.25, -0.2) is 0 Å². The largest absolute Gasteiger partial charge is 0.361 e. The fourth-order valence-electron chi connectivity index (χ4n) is 1.30. The van der Waals surface area contributed by atoms with Crippen LogP contribution in [0.4, 0.5) is 5.82 Å². The van der Waals surface area contributed by atoms with Crippen molar-refractivity contribution in [3.05, 3.63) is 30.2 Å². The van der Waals surface area contributed by atoms with Crippen LogP contribution < -0.4 is 5.32 Å². The van der Waals surface area contributed by atoms with Gasteiger partial charge in [0.2, 0.25) is 0 Å². The van der Waals surface area contributed by atoms with Gasteiger partial charge in [0.25, 0.3) is 0 Å². The molecule has 0 amide bonds. The van der Waals surface area contributed by atoms with E-state index < -0.39 is 0 Å². The molecule has 1 atom stereocenters. The van der Waals surface area contributed by atoms with Gasteiger partial charge < -0.3 is 5.32 Å². The smallest absolute Gasteiger partial charge is 0.148 e. The summed E-state index contributed by atoms with van der Waals surface area (Å²) >= 11 is 0. The van der Waals surface area contributed by atoms with Crippen LogP contribution in [0.15, 0.2) is 24.5 Å². The number of H-pyrrole nitrogens is 1. The Hall–Kier alpha value is -1.78. The molecule has 0 aliphatic carbocycles. The predicted octanol–water partition coefficient (Wildman–Crippen LogP) is 1.32. The van der Waals surface area contributed by atoms with Crippen LogP contribution in [0.25, 0.3) is 0 Å². The average molecular weight is 191 g/mol. The Morgan fingerprint density at radius 1 is 1.50 bits per heavy atom. The lowest BCUT2D eigenvalue weighted by molar-refractivity contribution is 0.754. The highest BCUT2D eigenvalue weighted by molar-refractivity contribution is 5.34. The molecule has 0 spiro atoms. The molecule has 1 unspecified atom stereocenters. The Morgan fingerprint density at radius 3 is 2.93 bits per heavy atom. The second-order valence-electron chi connectivity index (χ2n) is 3.25. The first-order chi connectivity index (χ1) is 6.75. The number of nitrogens with one attached hydrogen (secondary N) is 2. The quantitative estimate of drug-likeness (QED) is 0.769. The molecule has 5 nitrogen and oxygen atoms in total. The molecule has 0 fully saturated rings. The predicted molar refractivity (Wildman–Crippen MR) is 53.8 cm³/mol. The summed E-state index contributed by atoms with van der Waals surface area (Å²) in [6.45, 7) is 2.06. The third-order valence-corrected chi connectivity index (χ3v) is 2.07. The number of rotatable bonds is 3. The van der Waals surface area contributed by atoms with Crippen molar-refractivity contribution in [3.63, 3.8) is 0 Å². The molecule has 2 aromatic rings. The van der Waals surface area contributed by atoms with Crippen molar-refractivity contribution in [2.75, 3.05) is 5.32 Å². The third kappa shape index (κ3) is 1.76. The molecular weight excluding hydrogens is 178 g/mol. The van der Waals surface area contributed by atoms with Gasteiger partial charge in [0, 0.05) is 25.5 Å². The van der Waals surface area contributed by atoms with E-state index in [-0.39, 0.29) is 6.04 Å². The summed E-state index contributed by atoms with van der Waals surface area (Å²) in [6, 6.07) is 4.07. The molecule has 2 heterocycles. The third-order valence-electron chi connectivity index (χ3n) is 2.07. The second kappa shape index (κ2) is 3.53. The monoisotopic (exact) mass is 191 g/mol. The zero-order chi connectivity index (χ0) is 9.97. The topological polar surface area (TPSA) is 58.5 Å². The van der Waals surface area contributed by atoms with Gasteiger partial charge in [-0.2, -0.15) is 10.2 Å². The molecule has 0 aliphatic heterocycles. The normalized spacial score (nSPS) is 12.7. The number of aromatic amines is 1. The number of hydrogen-bond donors (Lipinski definition) is 2. The summed E-state index contributed by atoms with van der Waals surface area (Å²) in [6.07, 6.45) is 3.65. The standard InChI is InChI=1S/C9H13N5/c1-7(8-3-5-10-12-8)11-9-4-6-14(2)13-9/h3-7H,1-2H3,(H,10,12)(H,11,13). The average Bonchev–Trinajstić information content (AvgIpc) is 2.75. The van der Waals surface area contributed by atoms with Gasteiger partial charge in [0.15, 0.2) is 0 Å². The number of aryl methyl sites for hydroxylation is 1. The summed E-state index contributed by atoms with van der Waals surface area (Å²) in [5.41, 5.74) is 1.05. The van der Waals surface area contributed by atoms with Crippen LogP contribution in [-0.2, 0) is 7.05 Å². The van der Waals surface area contributed by atoms with Crippen molar-refractivity contribution in [2.24, 2.45) is 7.05 Å². The lowest BCUT2D eigenvalue weighted by Gasteiger charge is -2.10. The van der Waals surface area contributed by atoms with Crippen molar-refractivity contribution < 1.29 is 0 Å². The van der Waals surface area contributed by atoms with Crippen LogP contribution in [0.5, 0.6) is 0 Å². The maximum atomic E-state index is 4.23. The van der Waals surface area contributed by atoms with E-state index in [0.29, 0.717) is 0 Å². The van der Waals surface area contributed by atoms with Gasteiger partial charge in [-0.05, 0) is 13.0 Å². The van der Waals surface area contributed by atoms with Crippen molar-refractivity contribution in [1.82, 2.24) is 20.0 Å². The first-order valence-electron chi connectivity index (χ1n) is 4.51. The summed E-state index contributed by atoms with van der Waals surface area (Å²) < 4.78 is 1.77. The Bertz CT molecular complexity index is 389. The zero-order valence-electron chi connectivity index (χ0n) is 8.23. The highest BCUT2D eigenvalue weighted by atomic mass is 15.3. The Morgan fingerprint density at radius 2 is 2.36 bits per heavy atom. The molecule has 0 saturated carbocycles. The molecular formula is C9H13N5. The first kappa shape index (κ1) is 8.80. The van der Waals surface area contributed by atoms with Crippen LogP contribution in [0.1, 0.15) is 18.7 Å². The molecule has 0 radical (unpaired) electrons. The summed E-state index contributed by atoms with van der Waals surface area (Å²) in [5.74, 6) is 0.870. The number of nitrogens with zero attached hydrogens (tertiary/aromatic N) is 3. The van der Waals surface area contributed by atoms with E-state index in [4.69, 9.17) is 0 Å². The molecule has 2 aromatic heterocycles. The second-order valence-corrected chi connectivity index (χ2v) is 3.25. The fourth-order valence-corrected chi connectivity index (χ4v) is 1.30. The van der Waals surface area contributed by atoms with Gasteiger partial charge in [-0.1, -0.05) is 0 Å². The summed E-state index contributed by atoms with van der Waals surface area (Å²) in [4.78, 5) is 0. The van der Waals surface area contributed by atoms with E-state index in [2.05, 4.69) is 27.5 Å². The summed E-state index contributed by atoms with van der Waals surface area (Å²) in [7, 11) is 1.89. The van der Waals surface area contributed by atoms with Crippen molar-refractivity contribution >= 4 is 5.82 Å². The van der Waals surface area contributed by atoms with E-state index in [0.717, 1.165) is 11.5 Å². The maximum Gasteiger partial charge on any atom is 0.148 e. The van der Waals surface area contributed by atoms with Crippen LogP contribution in [0.3, 0.4) is 0 Å². The minimum atomic E-state index is 0.187. The molecule has 0 aliphatic rings. The van der Waals surface area contributed by atoms with E-state index in [1.807, 2.05) is 25.4 Å². The van der Waals surface area contributed by atoms with Crippen LogP contribution in [-0.4, -0.2) is 20.0 Å². The van der Waals surface area contributed by atoms with Gasteiger partial charge in [-0.15, -0.1) is 0 Å². The van der Waals surface area contributed by atoms with Gasteiger partial charge in [-0.3, -0.25) is 9.78 Å². The molecule has 5 heteroatoms.